The third-order valence-electron chi connectivity index (χ3n) is 2.64. The maximum atomic E-state index is 12.2. The highest BCUT2D eigenvalue weighted by Crippen LogP contribution is 2.30. The fourth-order valence-electron chi connectivity index (χ4n) is 1.86. The number of nitrogens with one attached hydrogen (secondary N) is 2. The summed E-state index contributed by atoms with van der Waals surface area (Å²) < 4.78 is 28.8. The van der Waals surface area contributed by atoms with E-state index in [1.54, 1.807) is 6.92 Å². The summed E-state index contributed by atoms with van der Waals surface area (Å²) in [6.45, 7) is 0.394. The predicted molar refractivity (Wildman–Crippen MR) is 71.7 cm³/mol. The van der Waals surface area contributed by atoms with Gasteiger partial charge in [-0.3, -0.25) is 4.79 Å². The molecule has 1 saturated heterocycles. The van der Waals surface area contributed by atoms with E-state index in [-0.39, 0.29) is 35.0 Å². The van der Waals surface area contributed by atoms with Crippen LogP contribution in [0.2, 0.25) is 0 Å². The van der Waals surface area contributed by atoms with Crippen LogP contribution in [0.5, 0.6) is 5.75 Å². The first-order valence-electron chi connectivity index (χ1n) is 5.63. The third-order valence-corrected chi connectivity index (χ3v) is 3.67. The van der Waals surface area contributed by atoms with Gasteiger partial charge in [0, 0.05) is 17.5 Å². The highest BCUT2D eigenvalue weighted by molar-refractivity contribution is 7.14. The molecule has 0 aromatic carbocycles. The molecule has 2 rings (SSSR count). The van der Waals surface area contributed by atoms with Crippen LogP contribution in [0.3, 0.4) is 0 Å². The quantitative estimate of drug-likeness (QED) is 0.896. The van der Waals surface area contributed by atoms with E-state index in [2.05, 4.69) is 15.4 Å². The average molecular weight is 313 g/mol. The lowest BCUT2D eigenvalue weighted by molar-refractivity contribution is -0.0498. The zero-order valence-electron chi connectivity index (χ0n) is 10.2. The van der Waals surface area contributed by atoms with Crippen molar-refractivity contribution in [1.29, 1.82) is 0 Å². The molecule has 0 radical (unpaired) electrons. The third kappa shape index (κ3) is 4.29. The second kappa shape index (κ2) is 7.02. The van der Waals surface area contributed by atoms with Crippen molar-refractivity contribution in [3.63, 3.8) is 0 Å². The molecule has 19 heavy (non-hydrogen) atoms. The normalized spacial score (nSPS) is 18.2. The molecule has 0 bridgehead atoms. The zero-order chi connectivity index (χ0) is 13.1. The van der Waals surface area contributed by atoms with Gasteiger partial charge in [-0.15, -0.1) is 23.7 Å². The molecule has 8 heteroatoms. The number of amides is 1. The number of aryl methyl sites for hydroxylation is 1. The molecule has 1 aliphatic rings. The van der Waals surface area contributed by atoms with E-state index >= 15 is 0 Å². The standard InChI is InChI=1S/C11H14F2N2O2S.ClH/c1-6-4-8(17-11(12)13)9(18-6)10(16)15-7-2-3-14-5-7;/h4,7,11,14H,2-3,5H2,1H3,(H,15,16);1H. The van der Waals surface area contributed by atoms with Crippen LogP contribution in [-0.2, 0) is 0 Å². The Morgan fingerprint density at radius 1 is 1.63 bits per heavy atom. The summed E-state index contributed by atoms with van der Waals surface area (Å²) in [5.74, 6) is -0.395. The molecule has 2 heterocycles. The maximum absolute atomic E-state index is 12.2. The van der Waals surface area contributed by atoms with Crippen LogP contribution in [0.4, 0.5) is 8.78 Å². The first kappa shape index (κ1) is 16.1. The van der Waals surface area contributed by atoms with Crippen molar-refractivity contribution < 1.29 is 18.3 Å². The molecule has 1 aromatic rings. The molecule has 1 fully saturated rings. The number of hydrogen-bond donors (Lipinski definition) is 2. The van der Waals surface area contributed by atoms with E-state index in [4.69, 9.17) is 0 Å². The molecule has 1 aromatic heterocycles. The van der Waals surface area contributed by atoms with Crippen LogP contribution in [0, 0.1) is 6.92 Å². The van der Waals surface area contributed by atoms with Crippen LogP contribution in [0.25, 0.3) is 0 Å². The lowest BCUT2D eigenvalue weighted by Crippen LogP contribution is -2.36. The van der Waals surface area contributed by atoms with Gasteiger partial charge in [0.25, 0.3) is 5.91 Å². The molecular formula is C11H15ClF2N2O2S. The van der Waals surface area contributed by atoms with E-state index in [0.29, 0.717) is 6.54 Å². The SMILES string of the molecule is Cc1cc(OC(F)F)c(C(=O)NC2CCNC2)s1.Cl. The number of thiophene rings is 1. The molecule has 1 amide bonds. The van der Waals surface area contributed by atoms with Crippen molar-refractivity contribution >= 4 is 29.7 Å². The van der Waals surface area contributed by atoms with Crippen molar-refractivity contribution in [2.75, 3.05) is 13.1 Å². The number of carbonyl (C=O) groups is 1. The van der Waals surface area contributed by atoms with E-state index in [0.717, 1.165) is 29.2 Å². The lowest BCUT2D eigenvalue weighted by Gasteiger charge is -2.11. The minimum Gasteiger partial charge on any atom is -0.433 e. The zero-order valence-corrected chi connectivity index (χ0v) is 11.9. The Hall–Kier alpha value is -0.920. The molecular weight excluding hydrogens is 298 g/mol. The Morgan fingerprint density at radius 2 is 2.37 bits per heavy atom. The molecule has 0 spiro atoms. The minimum absolute atomic E-state index is 0. The van der Waals surface area contributed by atoms with Gasteiger partial charge in [0.1, 0.15) is 10.6 Å². The van der Waals surface area contributed by atoms with Gasteiger partial charge in [-0.1, -0.05) is 0 Å². The van der Waals surface area contributed by atoms with E-state index in [9.17, 15) is 13.6 Å². The predicted octanol–water partition coefficient (Wildman–Crippen LogP) is 2.17. The van der Waals surface area contributed by atoms with Crippen molar-refractivity contribution in [1.82, 2.24) is 10.6 Å². The van der Waals surface area contributed by atoms with Crippen molar-refractivity contribution in [3.8, 4) is 5.75 Å². The van der Waals surface area contributed by atoms with E-state index in [1.807, 2.05) is 0 Å². The van der Waals surface area contributed by atoms with Gasteiger partial charge < -0.3 is 15.4 Å². The molecule has 4 nitrogen and oxygen atoms in total. The van der Waals surface area contributed by atoms with E-state index in [1.165, 1.54) is 6.07 Å². The molecule has 2 N–H and O–H groups in total. The fraction of sp³-hybridized carbons (Fsp3) is 0.545. The summed E-state index contributed by atoms with van der Waals surface area (Å²) >= 11 is 1.16. The highest BCUT2D eigenvalue weighted by Gasteiger charge is 2.23. The van der Waals surface area contributed by atoms with E-state index < -0.39 is 6.61 Å². The summed E-state index contributed by atoms with van der Waals surface area (Å²) in [6, 6.07) is 1.51. The van der Waals surface area contributed by atoms with Crippen LogP contribution < -0.4 is 15.4 Å². The summed E-state index contributed by atoms with van der Waals surface area (Å²) in [4.78, 5) is 12.9. The second-order valence-corrected chi connectivity index (χ2v) is 5.35. The molecule has 0 aliphatic carbocycles. The number of hydrogen-bond acceptors (Lipinski definition) is 4. The molecule has 108 valence electrons. The summed E-state index contributed by atoms with van der Waals surface area (Å²) in [7, 11) is 0. The first-order chi connectivity index (χ1) is 8.56. The highest BCUT2D eigenvalue weighted by atomic mass is 35.5. The lowest BCUT2D eigenvalue weighted by atomic mass is 10.2. The van der Waals surface area contributed by atoms with Crippen LogP contribution in [-0.4, -0.2) is 31.7 Å². The number of ether oxygens (including phenoxy) is 1. The average Bonchev–Trinajstić information content (AvgIpc) is 2.87. The van der Waals surface area contributed by atoms with Crippen LogP contribution in [0.1, 0.15) is 21.0 Å². The Morgan fingerprint density at radius 3 is 2.95 bits per heavy atom. The monoisotopic (exact) mass is 312 g/mol. The van der Waals surface area contributed by atoms with Gasteiger partial charge >= 0.3 is 6.61 Å². The summed E-state index contributed by atoms with van der Waals surface area (Å²) in [5.41, 5.74) is 0. The van der Waals surface area contributed by atoms with Gasteiger partial charge in [0.2, 0.25) is 0 Å². The van der Waals surface area contributed by atoms with Gasteiger partial charge in [0.15, 0.2) is 0 Å². The smallest absolute Gasteiger partial charge is 0.387 e. The Labute approximate surface area is 119 Å². The number of alkyl halides is 2. The molecule has 1 atom stereocenters. The second-order valence-electron chi connectivity index (χ2n) is 4.09. The van der Waals surface area contributed by atoms with Gasteiger partial charge in [-0.2, -0.15) is 8.78 Å². The molecule has 0 saturated carbocycles. The number of rotatable bonds is 4. The van der Waals surface area contributed by atoms with Crippen molar-refractivity contribution in [3.05, 3.63) is 15.8 Å². The molecule has 1 aliphatic heterocycles. The summed E-state index contributed by atoms with van der Waals surface area (Å²) in [6.07, 6.45) is 0.848. The largest absolute Gasteiger partial charge is 0.433 e. The number of halogens is 3. The Balaban J connectivity index is 0.00000180. The molecule has 1 unspecified atom stereocenters. The first-order valence-corrected chi connectivity index (χ1v) is 6.44. The van der Waals surface area contributed by atoms with Crippen LogP contribution >= 0.6 is 23.7 Å². The minimum atomic E-state index is -2.92. The maximum Gasteiger partial charge on any atom is 0.387 e. The van der Waals surface area contributed by atoms with Crippen molar-refractivity contribution in [2.24, 2.45) is 0 Å². The van der Waals surface area contributed by atoms with Crippen LogP contribution in [0.15, 0.2) is 6.07 Å². The Bertz CT molecular complexity index is 436. The Kier molecular flexibility index (Phi) is 5.96. The number of carbonyl (C=O) groups excluding carboxylic acids is 1. The van der Waals surface area contributed by atoms with Gasteiger partial charge in [-0.05, 0) is 26.0 Å². The van der Waals surface area contributed by atoms with Crippen molar-refractivity contribution in [2.45, 2.75) is 26.0 Å². The fourth-order valence-corrected chi connectivity index (χ4v) is 2.71. The summed E-state index contributed by atoms with van der Waals surface area (Å²) in [5, 5.41) is 5.92. The van der Waals surface area contributed by atoms with Gasteiger partial charge in [-0.25, -0.2) is 0 Å². The van der Waals surface area contributed by atoms with Gasteiger partial charge in [0.05, 0.1) is 0 Å². The topological polar surface area (TPSA) is 50.4 Å².